The number of amides is 1. The van der Waals surface area contributed by atoms with Gasteiger partial charge in [-0.15, -0.1) is 0 Å². The summed E-state index contributed by atoms with van der Waals surface area (Å²) in [6.07, 6.45) is 1.56. The van der Waals surface area contributed by atoms with Crippen molar-refractivity contribution in [3.05, 3.63) is 46.6 Å². The summed E-state index contributed by atoms with van der Waals surface area (Å²) >= 11 is 7.74. The number of benzene rings is 1. The van der Waals surface area contributed by atoms with Gasteiger partial charge in [0.05, 0.1) is 25.7 Å². The van der Waals surface area contributed by atoms with E-state index >= 15 is 0 Å². The fourth-order valence-electron chi connectivity index (χ4n) is 4.09. The van der Waals surface area contributed by atoms with E-state index in [0.717, 1.165) is 37.3 Å². The van der Waals surface area contributed by atoms with E-state index in [1.807, 2.05) is 24.3 Å². The van der Waals surface area contributed by atoms with Gasteiger partial charge in [0.25, 0.3) is 5.91 Å². The van der Waals surface area contributed by atoms with Gasteiger partial charge in [-0.3, -0.25) is 9.59 Å². The minimum atomic E-state index is -0.242. The van der Waals surface area contributed by atoms with Gasteiger partial charge in [-0.1, -0.05) is 35.5 Å². The predicted molar refractivity (Wildman–Crippen MR) is 131 cm³/mol. The van der Waals surface area contributed by atoms with Crippen molar-refractivity contribution < 1.29 is 19.1 Å². The lowest BCUT2D eigenvalue weighted by Gasteiger charge is -2.31. The average Bonchev–Trinajstić information content (AvgIpc) is 2.88. The van der Waals surface area contributed by atoms with Crippen LogP contribution in [0.15, 0.2) is 35.5 Å². The van der Waals surface area contributed by atoms with Crippen LogP contribution in [0.1, 0.15) is 35.7 Å². The van der Waals surface area contributed by atoms with Gasteiger partial charge in [0, 0.05) is 43.6 Å². The standard InChI is InChI=1S/C24H29ClN4O4S/c1-2-33-23(31)19-4-3-9-29(15-19)22(30)18-7-5-17(6-8-18)16-34-24-26-20(25)14-21(27-24)28-10-12-32-13-11-28/h5-8,14,19H,2-4,9-13,15-16H2,1H3. The number of carbonyl (C=O) groups is 2. The molecule has 1 atom stereocenters. The van der Waals surface area contributed by atoms with Gasteiger partial charge in [0.2, 0.25) is 0 Å². The Bertz CT molecular complexity index is 1000. The van der Waals surface area contributed by atoms with Crippen LogP contribution in [0.4, 0.5) is 5.82 Å². The third-order valence-corrected chi connectivity index (χ3v) is 7.01. The van der Waals surface area contributed by atoms with E-state index in [0.29, 0.717) is 54.5 Å². The second-order valence-corrected chi connectivity index (χ2v) is 9.59. The van der Waals surface area contributed by atoms with Gasteiger partial charge in [-0.25, -0.2) is 9.97 Å². The summed E-state index contributed by atoms with van der Waals surface area (Å²) in [5.74, 6) is 0.961. The molecule has 0 spiro atoms. The number of halogens is 1. The van der Waals surface area contributed by atoms with Crippen molar-refractivity contribution in [1.29, 1.82) is 0 Å². The first-order valence-electron chi connectivity index (χ1n) is 11.6. The number of hydrogen-bond acceptors (Lipinski definition) is 8. The van der Waals surface area contributed by atoms with Gasteiger partial charge in [-0.2, -0.15) is 0 Å². The fraction of sp³-hybridized carbons (Fsp3) is 0.500. The Kier molecular flexibility index (Phi) is 8.64. The van der Waals surface area contributed by atoms with Crippen LogP contribution in [0.25, 0.3) is 0 Å². The van der Waals surface area contributed by atoms with Gasteiger partial charge in [0.1, 0.15) is 11.0 Å². The molecule has 2 aliphatic heterocycles. The monoisotopic (exact) mass is 504 g/mol. The van der Waals surface area contributed by atoms with E-state index in [4.69, 9.17) is 21.1 Å². The maximum Gasteiger partial charge on any atom is 0.310 e. The van der Waals surface area contributed by atoms with Crippen molar-refractivity contribution in [2.45, 2.75) is 30.7 Å². The SMILES string of the molecule is CCOC(=O)C1CCCN(C(=O)c2ccc(CSc3nc(Cl)cc(N4CCOCC4)n3)cc2)C1. The Morgan fingerprint density at radius 1 is 1.18 bits per heavy atom. The second-order valence-electron chi connectivity index (χ2n) is 8.26. The summed E-state index contributed by atoms with van der Waals surface area (Å²) in [6, 6.07) is 9.35. The molecule has 0 bridgehead atoms. The topological polar surface area (TPSA) is 84.9 Å². The van der Waals surface area contributed by atoms with Crippen LogP contribution in [0.3, 0.4) is 0 Å². The van der Waals surface area contributed by atoms with Crippen molar-refractivity contribution in [2.75, 3.05) is 50.9 Å². The van der Waals surface area contributed by atoms with Crippen molar-refractivity contribution >= 4 is 41.1 Å². The predicted octanol–water partition coefficient (Wildman–Crippen LogP) is 3.67. The molecular formula is C24H29ClN4O4S. The average molecular weight is 505 g/mol. The summed E-state index contributed by atoms with van der Waals surface area (Å²) < 4.78 is 10.5. The lowest BCUT2D eigenvalue weighted by molar-refractivity contribution is -0.149. The molecule has 2 aliphatic rings. The van der Waals surface area contributed by atoms with Crippen LogP contribution in [-0.2, 0) is 20.0 Å². The minimum Gasteiger partial charge on any atom is -0.466 e. The molecule has 1 unspecified atom stereocenters. The zero-order valence-electron chi connectivity index (χ0n) is 19.2. The molecule has 10 heteroatoms. The van der Waals surface area contributed by atoms with E-state index < -0.39 is 0 Å². The number of ether oxygens (including phenoxy) is 2. The molecule has 1 aromatic heterocycles. The largest absolute Gasteiger partial charge is 0.466 e. The van der Waals surface area contributed by atoms with Crippen LogP contribution >= 0.6 is 23.4 Å². The highest BCUT2D eigenvalue weighted by atomic mass is 35.5. The van der Waals surface area contributed by atoms with Crippen molar-refractivity contribution in [2.24, 2.45) is 5.92 Å². The summed E-state index contributed by atoms with van der Waals surface area (Å²) in [6.45, 7) is 6.14. The summed E-state index contributed by atoms with van der Waals surface area (Å²) in [4.78, 5) is 37.9. The molecule has 0 N–H and O–H groups in total. The highest BCUT2D eigenvalue weighted by molar-refractivity contribution is 7.98. The molecular weight excluding hydrogens is 476 g/mol. The molecule has 1 amide bonds. The molecule has 34 heavy (non-hydrogen) atoms. The van der Waals surface area contributed by atoms with Crippen molar-refractivity contribution in [1.82, 2.24) is 14.9 Å². The Morgan fingerprint density at radius 3 is 2.68 bits per heavy atom. The van der Waals surface area contributed by atoms with E-state index in [-0.39, 0.29) is 17.8 Å². The normalized spacial score (nSPS) is 18.6. The first kappa shape index (κ1) is 24.8. The summed E-state index contributed by atoms with van der Waals surface area (Å²) in [7, 11) is 0. The number of anilines is 1. The third-order valence-electron chi connectivity index (χ3n) is 5.89. The Morgan fingerprint density at radius 2 is 1.94 bits per heavy atom. The molecule has 0 radical (unpaired) electrons. The molecule has 3 heterocycles. The molecule has 2 saturated heterocycles. The maximum atomic E-state index is 13.0. The Hall–Kier alpha value is -2.36. The van der Waals surface area contributed by atoms with Gasteiger partial charge in [-0.05, 0) is 37.5 Å². The number of nitrogens with zero attached hydrogens (tertiary/aromatic N) is 4. The lowest BCUT2D eigenvalue weighted by Crippen LogP contribution is -2.42. The number of morpholine rings is 1. The van der Waals surface area contributed by atoms with Crippen LogP contribution in [-0.4, -0.2) is 72.7 Å². The maximum absolute atomic E-state index is 13.0. The fourth-order valence-corrected chi connectivity index (χ4v) is 5.13. The van der Waals surface area contributed by atoms with Gasteiger partial charge < -0.3 is 19.3 Å². The smallest absolute Gasteiger partial charge is 0.310 e. The number of likely N-dealkylation sites (tertiary alicyclic amines) is 1. The van der Waals surface area contributed by atoms with Crippen LogP contribution in [0.5, 0.6) is 0 Å². The summed E-state index contributed by atoms with van der Waals surface area (Å²) in [5, 5.41) is 1.04. The number of esters is 1. The molecule has 2 fully saturated rings. The number of aromatic nitrogens is 2. The van der Waals surface area contributed by atoms with E-state index in [9.17, 15) is 9.59 Å². The molecule has 0 aliphatic carbocycles. The summed E-state index contributed by atoms with van der Waals surface area (Å²) in [5.41, 5.74) is 1.67. The second kappa shape index (κ2) is 11.9. The number of rotatable bonds is 7. The molecule has 182 valence electrons. The van der Waals surface area contributed by atoms with E-state index in [1.54, 1.807) is 17.9 Å². The first-order valence-corrected chi connectivity index (χ1v) is 12.9. The lowest BCUT2D eigenvalue weighted by atomic mass is 9.97. The first-order chi connectivity index (χ1) is 16.5. The molecule has 8 nitrogen and oxygen atoms in total. The van der Waals surface area contributed by atoms with E-state index in [2.05, 4.69) is 14.9 Å². The highest BCUT2D eigenvalue weighted by Gasteiger charge is 2.29. The number of hydrogen-bond donors (Lipinski definition) is 0. The Balaban J connectivity index is 1.34. The van der Waals surface area contributed by atoms with E-state index in [1.165, 1.54) is 11.8 Å². The molecule has 2 aromatic rings. The minimum absolute atomic E-state index is 0.0541. The molecule has 0 saturated carbocycles. The van der Waals surface area contributed by atoms with Crippen molar-refractivity contribution in [3.8, 4) is 0 Å². The zero-order valence-corrected chi connectivity index (χ0v) is 20.8. The number of thioether (sulfide) groups is 1. The molecule has 1 aromatic carbocycles. The number of piperidine rings is 1. The highest BCUT2D eigenvalue weighted by Crippen LogP contribution is 2.26. The molecule has 4 rings (SSSR count). The zero-order chi connectivity index (χ0) is 23.9. The van der Waals surface area contributed by atoms with Crippen molar-refractivity contribution in [3.63, 3.8) is 0 Å². The third kappa shape index (κ3) is 6.40. The number of carbonyl (C=O) groups excluding carboxylic acids is 2. The van der Waals surface area contributed by atoms with Crippen LogP contribution in [0, 0.1) is 5.92 Å². The van der Waals surface area contributed by atoms with Crippen LogP contribution < -0.4 is 4.90 Å². The Labute approximate surface area is 209 Å². The van der Waals surface area contributed by atoms with Gasteiger partial charge in [0.15, 0.2) is 5.16 Å². The van der Waals surface area contributed by atoms with Gasteiger partial charge >= 0.3 is 5.97 Å². The van der Waals surface area contributed by atoms with Crippen LogP contribution in [0.2, 0.25) is 5.15 Å². The quantitative estimate of drug-likeness (QED) is 0.244.